The van der Waals surface area contributed by atoms with E-state index in [1.54, 1.807) is 38.1 Å². The van der Waals surface area contributed by atoms with Gasteiger partial charge in [-0.15, -0.1) is 6.58 Å². The molecular weight excluding hydrogens is 464 g/mol. The van der Waals surface area contributed by atoms with Crippen LogP contribution in [0.25, 0.3) is 0 Å². The highest BCUT2D eigenvalue weighted by Gasteiger charge is 2.24. The lowest BCUT2D eigenvalue weighted by Gasteiger charge is -2.22. The number of carbonyl (C=O) groups excluding carboxylic acids is 4. The van der Waals surface area contributed by atoms with Gasteiger partial charge in [0.05, 0.1) is 6.54 Å². The number of allylic oxidation sites excluding steroid dienone is 1. The van der Waals surface area contributed by atoms with E-state index < -0.39 is 29.9 Å². The minimum Gasteiger partial charge on any atom is -0.445 e. The fourth-order valence-corrected chi connectivity index (χ4v) is 2.93. The average Bonchev–Trinajstić information content (AvgIpc) is 2.82. The number of hydrogen-bond donors (Lipinski definition) is 5. The first-order valence-corrected chi connectivity index (χ1v) is 11.7. The number of benzene rings is 1. The molecule has 1 aromatic rings. The van der Waals surface area contributed by atoms with Crippen LogP contribution < -0.4 is 27.1 Å². The Morgan fingerprint density at radius 2 is 1.78 bits per heavy atom. The Morgan fingerprint density at radius 1 is 1.11 bits per heavy atom. The molecule has 198 valence electrons. The number of ether oxygens (including phenoxy) is 1. The molecule has 36 heavy (non-hydrogen) atoms. The second-order valence-corrected chi connectivity index (χ2v) is 8.67. The minimum atomic E-state index is -0.828. The van der Waals surface area contributed by atoms with E-state index in [0.29, 0.717) is 12.2 Å². The third-order valence-electron chi connectivity index (χ3n) is 4.91. The lowest BCUT2D eigenvalue weighted by atomic mass is 10.0. The summed E-state index contributed by atoms with van der Waals surface area (Å²) < 4.78 is 5.17. The van der Waals surface area contributed by atoms with Gasteiger partial charge < -0.3 is 31.0 Å². The number of nitrogens with two attached hydrogens (primary N) is 1. The second kappa shape index (κ2) is 15.9. The molecule has 0 saturated heterocycles. The highest BCUT2D eigenvalue weighted by Crippen LogP contribution is 2.10. The number of nitrogens with zero attached hydrogens (tertiary/aromatic N) is 1. The summed E-state index contributed by atoms with van der Waals surface area (Å²) >= 11 is 0. The summed E-state index contributed by atoms with van der Waals surface area (Å²) in [6, 6.07) is 5.94. The first kappa shape index (κ1) is 30.2. The van der Waals surface area contributed by atoms with Crippen molar-refractivity contribution >= 4 is 29.5 Å². The smallest absolute Gasteiger partial charge is 0.407 e. The number of alkyl carbamates (subject to hydrolysis) is 1. The van der Waals surface area contributed by atoms with Crippen LogP contribution in [0.5, 0.6) is 0 Å². The summed E-state index contributed by atoms with van der Waals surface area (Å²) in [5.41, 5.74) is 2.33. The largest absolute Gasteiger partial charge is 0.445 e. The van der Waals surface area contributed by atoms with Crippen LogP contribution in [0.3, 0.4) is 0 Å². The molecule has 1 unspecified atom stereocenters. The first-order valence-electron chi connectivity index (χ1n) is 11.7. The van der Waals surface area contributed by atoms with E-state index in [0.717, 1.165) is 29.0 Å². The van der Waals surface area contributed by atoms with Gasteiger partial charge in [-0.1, -0.05) is 38.1 Å². The molecule has 11 heteroatoms. The molecule has 0 spiro atoms. The first-order chi connectivity index (χ1) is 17.0. The van der Waals surface area contributed by atoms with Crippen LogP contribution in [0.4, 0.5) is 10.5 Å². The fraction of sp³-hybridized carbons (Fsp3) is 0.440. The molecule has 11 nitrogen and oxygen atoms in total. The van der Waals surface area contributed by atoms with Crippen molar-refractivity contribution in [3.05, 3.63) is 54.8 Å². The zero-order valence-electron chi connectivity index (χ0n) is 21.3. The number of carbonyl (C=O) groups is 4. The quantitative estimate of drug-likeness (QED) is 0.106. The predicted molar refractivity (Wildman–Crippen MR) is 138 cm³/mol. The lowest BCUT2D eigenvalue weighted by Crippen LogP contribution is -2.53. The molecule has 0 bridgehead atoms. The number of amides is 4. The molecule has 0 radical (unpaired) electrons. The maximum Gasteiger partial charge on any atom is 0.407 e. The Bertz CT molecular complexity index is 916. The Balaban J connectivity index is 2.44. The van der Waals surface area contributed by atoms with Crippen LogP contribution in [0, 0.1) is 5.92 Å². The van der Waals surface area contributed by atoms with Gasteiger partial charge in [0.15, 0.2) is 0 Å². The van der Waals surface area contributed by atoms with Crippen LogP contribution in [-0.4, -0.2) is 54.5 Å². The standard InChI is InChI=1S/C25H38N6O5/c1-6-31(26)15-22(33)30-23(18(4)5)24(34)28-14-21(32)29-20-11-9-19(10-12-20)16-36-25(35)27-13-7-8-17(2)3/h6,9-12,18,23H,1-2,7-8,13-16,26H2,3-5H3,(H,27,35)(H,28,34)(H,29,32)(H,30,33). The van der Waals surface area contributed by atoms with E-state index in [1.165, 1.54) is 6.20 Å². The molecule has 4 amide bonds. The van der Waals surface area contributed by atoms with Crippen molar-refractivity contribution in [1.29, 1.82) is 0 Å². The Labute approximate surface area is 212 Å². The van der Waals surface area contributed by atoms with E-state index in [2.05, 4.69) is 34.4 Å². The van der Waals surface area contributed by atoms with Gasteiger partial charge in [0.1, 0.15) is 19.2 Å². The average molecular weight is 503 g/mol. The molecule has 1 rings (SSSR count). The van der Waals surface area contributed by atoms with Crippen molar-refractivity contribution in [3.8, 4) is 0 Å². The van der Waals surface area contributed by atoms with Crippen LogP contribution >= 0.6 is 0 Å². The SMILES string of the molecule is C=CN(N)CC(=O)NC(C(=O)NCC(=O)Nc1ccc(COC(=O)NCCCC(=C)C)cc1)C(C)C. The summed E-state index contributed by atoms with van der Waals surface area (Å²) in [4.78, 5) is 48.5. The molecule has 0 fully saturated rings. The maximum absolute atomic E-state index is 12.5. The molecule has 0 aromatic heterocycles. The van der Waals surface area contributed by atoms with Gasteiger partial charge >= 0.3 is 6.09 Å². The van der Waals surface area contributed by atoms with Gasteiger partial charge in [-0.3, -0.25) is 14.4 Å². The topological polar surface area (TPSA) is 155 Å². The van der Waals surface area contributed by atoms with Gasteiger partial charge in [-0.2, -0.15) is 0 Å². The van der Waals surface area contributed by atoms with Crippen molar-refractivity contribution in [2.45, 2.75) is 46.3 Å². The molecular formula is C25H38N6O5. The minimum absolute atomic E-state index is 0.0909. The van der Waals surface area contributed by atoms with E-state index in [1.807, 2.05) is 6.92 Å². The Hall–Kier alpha value is -3.86. The van der Waals surface area contributed by atoms with E-state index in [4.69, 9.17) is 10.6 Å². The Kier molecular flexibility index (Phi) is 13.4. The highest BCUT2D eigenvalue weighted by atomic mass is 16.5. The summed E-state index contributed by atoms with van der Waals surface area (Å²) in [5, 5.41) is 11.6. The van der Waals surface area contributed by atoms with Gasteiger partial charge in [0.25, 0.3) is 0 Å². The van der Waals surface area contributed by atoms with E-state index in [9.17, 15) is 19.2 Å². The molecule has 0 aliphatic carbocycles. The van der Waals surface area contributed by atoms with Crippen LogP contribution in [0.2, 0.25) is 0 Å². The summed E-state index contributed by atoms with van der Waals surface area (Å²) in [7, 11) is 0. The van der Waals surface area contributed by atoms with Gasteiger partial charge in [0.2, 0.25) is 17.7 Å². The van der Waals surface area contributed by atoms with Crippen LogP contribution in [-0.2, 0) is 25.7 Å². The number of anilines is 1. The van der Waals surface area contributed by atoms with Crippen molar-refractivity contribution in [3.63, 3.8) is 0 Å². The summed E-state index contributed by atoms with van der Waals surface area (Å²) in [6.07, 6.45) is 2.43. The normalized spacial score (nSPS) is 11.1. The van der Waals surface area contributed by atoms with Crippen molar-refractivity contribution < 1.29 is 23.9 Å². The molecule has 6 N–H and O–H groups in total. The van der Waals surface area contributed by atoms with Crippen LogP contribution in [0.1, 0.15) is 39.2 Å². The molecule has 1 aromatic carbocycles. The summed E-state index contributed by atoms with van der Waals surface area (Å²) in [5.74, 6) is 3.94. The molecule has 0 aliphatic heterocycles. The van der Waals surface area contributed by atoms with Gasteiger partial charge in [0, 0.05) is 18.4 Å². The highest BCUT2D eigenvalue weighted by molar-refractivity contribution is 5.96. The number of hydrazine groups is 1. The third-order valence-corrected chi connectivity index (χ3v) is 4.91. The lowest BCUT2D eigenvalue weighted by molar-refractivity contribution is -0.131. The van der Waals surface area contributed by atoms with Gasteiger partial charge in [-0.25, -0.2) is 10.6 Å². The molecule has 1 atom stereocenters. The predicted octanol–water partition coefficient (Wildman–Crippen LogP) is 1.78. The Morgan fingerprint density at radius 3 is 2.36 bits per heavy atom. The second-order valence-electron chi connectivity index (χ2n) is 8.67. The van der Waals surface area contributed by atoms with Gasteiger partial charge in [-0.05, 0) is 43.4 Å². The number of hydrogen-bond acceptors (Lipinski definition) is 7. The maximum atomic E-state index is 12.5. The van der Waals surface area contributed by atoms with Crippen molar-refractivity contribution in [1.82, 2.24) is 21.0 Å². The number of nitrogens with one attached hydrogen (secondary N) is 4. The van der Waals surface area contributed by atoms with E-state index in [-0.39, 0.29) is 25.6 Å². The zero-order valence-corrected chi connectivity index (χ0v) is 21.3. The molecule has 0 aliphatic rings. The zero-order chi connectivity index (χ0) is 27.1. The third kappa shape index (κ3) is 12.6. The monoisotopic (exact) mass is 502 g/mol. The fourth-order valence-electron chi connectivity index (χ4n) is 2.93. The van der Waals surface area contributed by atoms with Crippen molar-refractivity contribution in [2.24, 2.45) is 11.8 Å². The molecule has 0 saturated carbocycles. The molecule has 0 heterocycles. The number of rotatable bonds is 15. The van der Waals surface area contributed by atoms with Crippen LogP contribution in [0.15, 0.2) is 49.2 Å². The van der Waals surface area contributed by atoms with E-state index >= 15 is 0 Å². The summed E-state index contributed by atoms with van der Waals surface area (Å²) in [6.45, 7) is 12.9. The van der Waals surface area contributed by atoms with Crippen molar-refractivity contribution in [2.75, 3.05) is 25.0 Å².